The molecule has 7 heavy (non-hydrogen) atoms. The minimum atomic E-state index is -0.461. The normalized spacial score (nSPS) is 25.1. The third-order valence-corrected chi connectivity index (χ3v) is 0.827. The number of hydrogen-bond donors (Lipinski definition) is 0. The topological polar surface area (TPSA) is 0 Å². The Morgan fingerprint density at radius 3 is 2.00 bits per heavy atom. The fraction of sp³-hybridized carbons (Fsp3) is 1.00. The van der Waals surface area contributed by atoms with Crippen molar-refractivity contribution in [2.75, 3.05) is 5.31 Å². The smallest absolute Gasteiger partial charge is 0.0387 e. The molecule has 0 aromatic carbocycles. The first-order valence-corrected chi connectivity index (χ1v) is 3.26. The molecule has 0 aliphatic rings. The third kappa shape index (κ3) is 6.48. The van der Waals surface area contributed by atoms with Crippen molar-refractivity contribution in [1.82, 2.24) is 0 Å². The summed E-state index contributed by atoms with van der Waals surface area (Å²) in [5.74, 6) is 0. The second kappa shape index (κ2) is 2.71. The zero-order chi connectivity index (χ0) is 7.65. The maximum atomic E-state index is 7.44. The third-order valence-electron chi connectivity index (χ3n) is 0.563. The lowest BCUT2D eigenvalue weighted by molar-refractivity contribution is 0.403. The van der Waals surface area contributed by atoms with E-state index in [-0.39, 0.29) is 11.8 Å². The molecular weight excluding hydrogens is 152 g/mol. The Balaban J connectivity index is 3.88. The summed E-state index contributed by atoms with van der Waals surface area (Å²) in [6.45, 7) is 5.90. The summed E-state index contributed by atoms with van der Waals surface area (Å²) in [5, 5.41) is -0.461. The minimum Gasteiger partial charge on any atom is -0.0928 e. The maximum Gasteiger partial charge on any atom is 0.0387 e. The SMILES string of the molecule is [2H][C@H](Br)[C@@H]([2H])C(C)(C)C. The van der Waals surface area contributed by atoms with Crippen molar-refractivity contribution in [2.24, 2.45) is 5.41 Å². The lowest BCUT2D eigenvalue weighted by atomic mass is 9.94. The Bertz CT molecular complexity index is 85.5. The second-order valence-corrected chi connectivity index (χ2v) is 3.19. The van der Waals surface area contributed by atoms with Gasteiger partial charge in [0.1, 0.15) is 0 Å². The standard InChI is InChI=1S/C6H13Br/c1-6(2,3)4-5-7/h4-5H2,1-3H3/i4D,5D/t4-,5+/m1/s1. The summed E-state index contributed by atoms with van der Waals surface area (Å²) in [6, 6.07) is 0. The van der Waals surface area contributed by atoms with Gasteiger partial charge < -0.3 is 0 Å². The van der Waals surface area contributed by atoms with Crippen molar-refractivity contribution in [1.29, 1.82) is 0 Å². The fourth-order valence-corrected chi connectivity index (χ4v) is 0.982. The van der Waals surface area contributed by atoms with Gasteiger partial charge in [0, 0.05) is 8.05 Å². The molecule has 0 heterocycles. The minimum absolute atomic E-state index is 0.0874. The van der Waals surface area contributed by atoms with E-state index in [9.17, 15) is 0 Å². The van der Waals surface area contributed by atoms with E-state index in [0.717, 1.165) is 0 Å². The zero-order valence-electron chi connectivity index (χ0n) is 7.03. The number of hydrogen-bond acceptors (Lipinski definition) is 0. The molecule has 0 fully saturated rings. The van der Waals surface area contributed by atoms with Gasteiger partial charge in [0.25, 0.3) is 0 Å². The Morgan fingerprint density at radius 2 is 2.00 bits per heavy atom. The van der Waals surface area contributed by atoms with Gasteiger partial charge >= 0.3 is 0 Å². The van der Waals surface area contributed by atoms with Crippen LogP contribution >= 0.6 is 15.9 Å². The molecule has 0 saturated carbocycles. The van der Waals surface area contributed by atoms with Gasteiger partial charge in [-0.05, 0) is 11.8 Å². The molecule has 0 amide bonds. The van der Waals surface area contributed by atoms with Crippen molar-refractivity contribution in [3.63, 3.8) is 0 Å². The molecule has 0 bridgehead atoms. The highest BCUT2D eigenvalue weighted by molar-refractivity contribution is 9.09. The van der Waals surface area contributed by atoms with Gasteiger partial charge in [0.05, 0.1) is 0 Å². The van der Waals surface area contributed by atoms with Gasteiger partial charge in [-0.1, -0.05) is 36.7 Å². The maximum absolute atomic E-state index is 7.44. The molecule has 0 rings (SSSR count). The van der Waals surface area contributed by atoms with Crippen molar-refractivity contribution in [2.45, 2.75) is 27.2 Å². The summed E-state index contributed by atoms with van der Waals surface area (Å²) in [5.41, 5.74) is -0.0874. The summed E-state index contributed by atoms with van der Waals surface area (Å²) in [4.78, 5) is 0. The quantitative estimate of drug-likeness (QED) is 0.526. The first kappa shape index (κ1) is 4.37. The van der Waals surface area contributed by atoms with Crippen LogP contribution in [0.3, 0.4) is 0 Å². The van der Waals surface area contributed by atoms with E-state index >= 15 is 0 Å². The molecule has 0 nitrogen and oxygen atoms in total. The van der Waals surface area contributed by atoms with Gasteiger partial charge in [-0.25, -0.2) is 0 Å². The van der Waals surface area contributed by atoms with Gasteiger partial charge in [-0.15, -0.1) is 0 Å². The molecule has 0 N–H and O–H groups in total. The van der Waals surface area contributed by atoms with Crippen LogP contribution in [0.15, 0.2) is 0 Å². The Hall–Kier alpha value is 0.480. The molecule has 0 aliphatic carbocycles. The van der Waals surface area contributed by atoms with E-state index in [0.29, 0.717) is 0 Å². The fourth-order valence-electron chi connectivity index (χ4n) is 0.189. The van der Waals surface area contributed by atoms with Gasteiger partial charge in [-0.3, -0.25) is 0 Å². The van der Waals surface area contributed by atoms with E-state index in [1.807, 2.05) is 20.8 Å². The predicted octanol–water partition coefficient (Wildman–Crippen LogP) is 2.82. The van der Waals surface area contributed by atoms with Crippen LogP contribution in [0, 0.1) is 5.41 Å². The first-order chi connectivity index (χ1) is 3.85. The summed E-state index contributed by atoms with van der Waals surface area (Å²) in [7, 11) is 0. The molecule has 0 aromatic rings. The highest BCUT2D eigenvalue weighted by atomic mass is 79.9. The summed E-state index contributed by atoms with van der Waals surface area (Å²) >= 11 is 3.05. The van der Waals surface area contributed by atoms with E-state index in [4.69, 9.17) is 2.74 Å². The molecule has 0 aliphatic heterocycles. The van der Waals surface area contributed by atoms with Crippen LogP contribution in [-0.4, -0.2) is 5.31 Å². The van der Waals surface area contributed by atoms with Crippen LogP contribution in [0.4, 0.5) is 0 Å². The summed E-state index contributed by atoms with van der Waals surface area (Å²) < 4.78 is 14.6. The van der Waals surface area contributed by atoms with Crippen molar-refractivity contribution in [3.8, 4) is 0 Å². The molecule has 0 saturated heterocycles. The molecule has 0 spiro atoms. The van der Waals surface area contributed by atoms with Crippen molar-refractivity contribution < 1.29 is 2.74 Å². The van der Waals surface area contributed by atoms with Gasteiger partial charge in [0.2, 0.25) is 0 Å². The monoisotopic (exact) mass is 166 g/mol. The van der Waals surface area contributed by atoms with Crippen LogP contribution < -0.4 is 0 Å². The molecular formula is C6H13Br. The van der Waals surface area contributed by atoms with Crippen LogP contribution in [0.2, 0.25) is 0 Å². The molecule has 0 unspecified atom stereocenters. The number of alkyl halides is 1. The molecule has 0 aromatic heterocycles. The van der Waals surface area contributed by atoms with E-state index in [1.165, 1.54) is 0 Å². The predicted molar refractivity (Wildman–Crippen MR) is 37.9 cm³/mol. The lowest BCUT2D eigenvalue weighted by Crippen LogP contribution is -2.04. The average Bonchev–Trinajstić information content (AvgIpc) is 1.62. The van der Waals surface area contributed by atoms with Crippen LogP contribution in [-0.2, 0) is 0 Å². The second-order valence-electron chi connectivity index (χ2n) is 2.66. The van der Waals surface area contributed by atoms with Gasteiger partial charge in [0.15, 0.2) is 0 Å². The Kier molecular flexibility index (Phi) is 1.69. The van der Waals surface area contributed by atoms with Crippen LogP contribution in [0.5, 0.6) is 0 Å². The van der Waals surface area contributed by atoms with Crippen LogP contribution in [0.25, 0.3) is 0 Å². The first-order valence-electron chi connectivity index (χ1n) is 3.49. The average molecular weight is 167 g/mol. The molecule has 2 atom stereocenters. The molecule has 1 heteroatoms. The van der Waals surface area contributed by atoms with E-state index in [2.05, 4.69) is 15.9 Å². The highest BCUT2D eigenvalue weighted by Gasteiger charge is 2.06. The zero-order valence-corrected chi connectivity index (χ0v) is 6.62. The number of rotatable bonds is 1. The van der Waals surface area contributed by atoms with E-state index in [1.54, 1.807) is 0 Å². The summed E-state index contributed by atoms with van der Waals surface area (Å²) in [6.07, 6.45) is -0.350. The lowest BCUT2D eigenvalue weighted by Gasteiger charge is -2.14. The molecule has 44 valence electrons. The van der Waals surface area contributed by atoms with Crippen molar-refractivity contribution >= 4 is 15.9 Å². The van der Waals surface area contributed by atoms with E-state index < -0.39 is 5.31 Å². The Morgan fingerprint density at radius 1 is 1.57 bits per heavy atom. The van der Waals surface area contributed by atoms with Crippen LogP contribution in [0.1, 0.15) is 29.9 Å². The van der Waals surface area contributed by atoms with Gasteiger partial charge in [-0.2, -0.15) is 0 Å². The number of halogens is 1. The highest BCUT2D eigenvalue weighted by Crippen LogP contribution is 2.18. The van der Waals surface area contributed by atoms with Crippen molar-refractivity contribution in [3.05, 3.63) is 0 Å². The molecule has 0 radical (unpaired) electrons. The largest absolute Gasteiger partial charge is 0.0928 e. The Labute approximate surface area is 57.2 Å².